The molecule has 0 bridgehead atoms. The number of hydrogen-bond acceptors (Lipinski definition) is 3. The quantitative estimate of drug-likeness (QED) is 0.544. The number of aliphatic carboxylic acids is 1. The second kappa shape index (κ2) is 8.08. The van der Waals surface area contributed by atoms with Crippen molar-refractivity contribution >= 4 is 20.3 Å². The predicted molar refractivity (Wildman–Crippen MR) is 73.8 cm³/mol. The molecular formula is C13H24O4Si. The van der Waals surface area contributed by atoms with Crippen LogP contribution in [0.15, 0.2) is 12.2 Å². The minimum Gasteiger partial charge on any atom is -0.516 e. The van der Waals surface area contributed by atoms with Crippen LogP contribution in [0.2, 0.25) is 18.1 Å². The molecule has 1 N–H and O–H groups in total. The second-order valence-electron chi connectivity index (χ2n) is 4.92. The topological polar surface area (TPSA) is 63.6 Å². The number of carbonyl (C=O) groups excluding carboxylic acids is 1. The Morgan fingerprint density at radius 1 is 1.22 bits per heavy atom. The lowest BCUT2D eigenvalue weighted by molar-refractivity contribution is -0.133. The van der Waals surface area contributed by atoms with Crippen molar-refractivity contribution in [2.24, 2.45) is 5.92 Å². The van der Waals surface area contributed by atoms with Gasteiger partial charge in [-0.25, -0.2) is 9.59 Å². The highest BCUT2D eigenvalue weighted by Crippen LogP contribution is 2.26. The first-order valence-corrected chi connectivity index (χ1v) is 9.02. The van der Waals surface area contributed by atoms with Gasteiger partial charge in [0.2, 0.25) is 0 Å². The first-order valence-electron chi connectivity index (χ1n) is 6.49. The molecule has 4 nitrogen and oxygen atoms in total. The molecule has 0 amide bonds. The molecular weight excluding hydrogens is 248 g/mol. The average molecular weight is 272 g/mol. The van der Waals surface area contributed by atoms with E-state index < -0.39 is 20.3 Å². The van der Waals surface area contributed by atoms with Crippen molar-refractivity contribution in [2.45, 2.75) is 52.2 Å². The Kier molecular flexibility index (Phi) is 7.58. The molecule has 0 rings (SSSR count). The van der Waals surface area contributed by atoms with E-state index in [9.17, 15) is 9.59 Å². The zero-order valence-corrected chi connectivity index (χ0v) is 12.7. The van der Waals surface area contributed by atoms with E-state index in [0.717, 1.165) is 36.7 Å². The van der Waals surface area contributed by atoms with Gasteiger partial charge in [-0.2, -0.15) is 0 Å². The molecule has 0 radical (unpaired) electrons. The van der Waals surface area contributed by atoms with Crippen LogP contribution in [0.1, 0.15) is 34.1 Å². The molecule has 0 aliphatic heterocycles. The van der Waals surface area contributed by atoms with Gasteiger partial charge >= 0.3 is 11.9 Å². The van der Waals surface area contributed by atoms with Gasteiger partial charge in [-0.1, -0.05) is 34.1 Å². The van der Waals surface area contributed by atoms with E-state index >= 15 is 0 Å². The van der Waals surface area contributed by atoms with E-state index in [2.05, 4.69) is 13.8 Å². The maximum Gasteiger partial charge on any atom is 0.328 e. The van der Waals surface area contributed by atoms with Crippen molar-refractivity contribution in [2.75, 3.05) is 0 Å². The van der Waals surface area contributed by atoms with Crippen LogP contribution in [0.5, 0.6) is 0 Å². The summed E-state index contributed by atoms with van der Waals surface area (Å²) >= 11 is 0. The van der Waals surface area contributed by atoms with Crippen molar-refractivity contribution in [3.63, 3.8) is 0 Å². The zero-order valence-electron chi connectivity index (χ0n) is 11.7. The number of carboxylic acids is 1. The zero-order chi connectivity index (χ0) is 14.2. The van der Waals surface area contributed by atoms with Crippen LogP contribution in [-0.2, 0) is 14.0 Å². The van der Waals surface area contributed by atoms with Crippen molar-refractivity contribution in [3.8, 4) is 0 Å². The fraction of sp³-hybridized carbons (Fsp3) is 0.692. The van der Waals surface area contributed by atoms with Crippen LogP contribution in [0, 0.1) is 5.92 Å². The van der Waals surface area contributed by atoms with Gasteiger partial charge in [-0.05, 0) is 24.1 Å². The van der Waals surface area contributed by atoms with Crippen LogP contribution < -0.4 is 0 Å². The maximum absolute atomic E-state index is 11.6. The molecule has 0 saturated heterocycles. The van der Waals surface area contributed by atoms with Crippen LogP contribution in [0.4, 0.5) is 0 Å². The number of hydrogen-bond donors (Lipinski definition) is 1. The summed E-state index contributed by atoms with van der Waals surface area (Å²) in [6.45, 7) is 8.39. The summed E-state index contributed by atoms with van der Waals surface area (Å²) in [6.07, 6.45) is 2.88. The van der Waals surface area contributed by atoms with Gasteiger partial charge in [0.15, 0.2) is 0 Å². The number of rotatable bonds is 8. The van der Waals surface area contributed by atoms with Crippen molar-refractivity contribution in [1.82, 2.24) is 0 Å². The molecule has 0 heterocycles. The van der Waals surface area contributed by atoms with Gasteiger partial charge < -0.3 is 9.53 Å². The van der Waals surface area contributed by atoms with E-state index in [-0.39, 0.29) is 0 Å². The van der Waals surface area contributed by atoms with Crippen LogP contribution in [0.3, 0.4) is 0 Å². The van der Waals surface area contributed by atoms with Crippen molar-refractivity contribution < 1.29 is 19.1 Å². The Balaban J connectivity index is 4.59. The first kappa shape index (κ1) is 16.9. The van der Waals surface area contributed by atoms with E-state index in [1.165, 1.54) is 0 Å². The van der Waals surface area contributed by atoms with E-state index in [1.54, 1.807) is 0 Å². The summed E-state index contributed by atoms with van der Waals surface area (Å²) in [6, 6.07) is 2.70. The summed E-state index contributed by atoms with van der Waals surface area (Å²) in [5.74, 6) is -1.06. The molecule has 0 fully saturated rings. The highest BCUT2D eigenvalue weighted by Gasteiger charge is 2.34. The SMILES string of the molecule is CC[Si](CC)(CCC(C)C)OC(=O)/C=C\C(=O)O. The van der Waals surface area contributed by atoms with Crippen LogP contribution in [0.25, 0.3) is 0 Å². The minimum absolute atomic E-state index is 0.517. The first-order chi connectivity index (χ1) is 8.35. The molecule has 0 spiro atoms. The Morgan fingerprint density at radius 2 is 1.78 bits per heavy atom. The summed E-state index contributed by atoms with van der Waals surface area (Å²) in [5.41, 5.74) is 0. The smallest absolute Gasteiger partial charge is 0.328 e. The molecule has 0 aromatic rings. The third-order valence-electron chi connectivity index (χ3n) is 3.15. The molecule has 0 saturated carbocycles. The summed E-state index contributed by atoms with van der Waals surface area (Å²) in [7, 11) is -2.04. The summed E-state index contributed by atoms with van der Waals surface area (Å²) in [5, 5.41) is 8.47. The van der Waals surface area contributed by atoms with Crippen molar-refractivity contribution in [3.05, 3.63) is 12.2 Å². The van der Waals surface area contributed by atoms with E-state index in [4.69, 9.17) is 9.53 Å². The monoisotopic (exact) mass is 272 g/mol. The largest absolute Gasteiger partial charge is 0.516 e. The van der Waals surface area contributed by atoms with Crippen LogP contribution >= 0.6 is 0 Å². The lowest BCUT2D eigenvalue weighted by Crippen LogP contribution is -2.38. The van der Waals surface area contributed by atoms with Gasteiger partial charge in [0.25, 0.3) is 8.32 Å². The van der Waals surface area contributed by atoms with Gasteiger partial charge in [-0.3, -0.25) is 0 Å². The van der Waals surface area contributed by atoms with E-state index in [0.29, 0.717) is 5.92 Å². The lowest BCUT2D eigenvalue weighted by Gasteiger charge is -2.29. The molecule has 0 aromatic carbocycles. The highest BCUT2D eigenvalue weighted by atomic mass is 28.4. The lowest BCUT2D eigenvalue weighted by atomic mass is 10.2. The van der Waals surface area contributed by atoms with Gasteiger partial charge in [0.1, 0.15) is 0 Å². The highest BCUT2D eigenvalue weighted by molar-refractivity contribution is 6.75. The molecule has 104 valence electrons. The summed E-state index contributed by atoms with van der Waals surface area (Å²) in [4.78, 5) is 21.9. The Labute approximate surface area is 110 Å². The average Bonchev–Trinajstić information content (AvgIpc) is 2.32. The predicted octanol–water partition coefficient (Wildman–Crippen LogP) is 3.20. The molecule has 18 heavy (non-hydrogen) atoms. The third-order valence-corrected chi connectivity index (χ3v) is 7.56. The van der Waals surface area contributed by atoms with E-state index in [1.807, 2.05) is 13.8 Å². The molecule has 0 unspecified atom stereocenters. The Hall–Kier alpha value is -1.10. The van der Waals surface area contributed by atoms with Gasteiger partial charge in [-0.15, -0.1) is 0 Å². The second-order valence-corrected chi connectivity index (χ2v) is 9.40. The van der Waals surface area contributed by atoms with Crippen LogP contribution in [-0.4, -0.2) is 25.4 Å². The fourth-order valence-corrected chi connectivity index (χ4v) is 4.93. The third kappa shape index (κ3) is 6.59. The summed E-state index contributed by atoms with van der Waals surface area (Å²) < 4.78 is 5.59. The Morgan fingerprint density at radius 3 is 2.17 bits per heavy atom. The number of carbonyl (C=O) groups is 2. The molecule has 0 aliphatic rings. The Bertz CT molecular complexity index is 306. The standard InChI is InChI=1S/C13H24O4Si/c1-5-18(6-2,10-9-11(3)4)17-13(16)8-7-12(14)15/h7-8,11H,5-6,9-10H2,1-4H3,(H,14,15)/b8-7-. The molecule has 0 aliphatic carbocycles. The normalized spacial score (nSPS) is 12.1. The molecule has 0 atom stereocenters. The van der Waals surface area contributed by atoms with Gasteiger partial charge in [0.05, 0.1) is 0 Å². The minimum atomic E-state index is -2.04. The number of carboxylic acid groups (broad SMARTS) is 1. The molecule has 0 aromatic heterocycles. The fourth-order valence-electron chi connectivity index (χ4n) is 1.74. The molecule has 5 heteroatoms. The van der Waals surface area contributed by atoms with Gasteiger partial charge in [0, 0.05) is 12.2 Å². The maximum atomic E-state index is 11.6. The van der Waals surface area contributed by atoms with Crippen molar-refractivity contribution in [1.29, 1.82) is 0 Å².